The highest BCUT2D eigenvalue weighted by Gasteiger charge is 2.26. The highest BCUT2D eigenvalue weighted by Crippen LogP contribution is 2.17. The molecular weight excluding hydrogens is 240 g/mol. The van der Waals surface area contributed by atoms with Crippen LogP contribution in [-0.2, 0) is 4.74 Å². The Labute approximate surface area is 114 Å². The zero-order chi connectivity index (χ0) is 13.8. The number of carbonyl (C=O) groups excluding carboxylic acids is 1. The fraction of sp³-hybridized carbons (Fsp3) is 0.533. The lowest BCUT2D eigenvalue weighted by Crippen LogP contribution is -2.52. The fourth-order valence-electron chi connectivity index (χ4n) is 2.29. The average molecular weight is 262 g/mol. The molecule has 1 aliphatic rings. The molecule has 1 atom stereocenters. The molecule has 104 valence electrons. The van der Waals surface area contributed by atoms with Crippen LogP contribution in [0.25, 0.3) is 0 Å². The summed E-state index contributed by atoms with van der Waals surface area (Å²) in [6.07, 6.45) is 0. The zero-order valence-electron chi connectivity index (χ0n) is 11.6. The van der Waals surface area contributed by atoms with E-state index < -0.39 is 0 Å². The Kier molecular flexibility index (Phi) is 4.56. The molecule has 0 radical (unpaired) electrons. The van der Waals surface area contributed by atoms with Crippen LogP contribution >= 0.6 is 0 Å². The minimum absolute atomic E-state index is 0.00831. The van der Waals surface area contributed by atoms with E-state index in [0.717, 1.165) is 5.56 Å². The van der Waals surface area contributed by atoms with Gasteiger partial charge in [0.25, 0.3) is 5.91 Å². The number of amides is 1. The van der Waals surface area contributed by atoms with E-state index in [1.165, 1.54) is 5.56 Å². The minimum Gasteiger partial charge on any atom is -0.377 e. The summed E-state index contributed by atoms with van der Waals surface area (Å²) in [5.74, 6) is 0.526. The number of carbonyl (C=O) groups is 1. The standard InChI is InChI=1S/C15H22N2O2/c1-11(2)12-3-5-13(6-4-12)15(18)17-7-8-19-10-14(17)9-16/h3-6,11,14H,7-10,16H2,1-2H3. The van der Waals surface area contributed by atoms with Crippen LogP contribution in [-0.4, -0.2) is 43.2 Å². The van der Waals surface area contributed by atoms with Gasteiger partial charge in [-0.2, -0.15) is 0 Å². The molecule has 4 heteroatoms. The summed E-state index contributed by atoms with van der Waals surface area (Å²) in [5, 5.41) is 0. The first-order valence-electron chi connectivity index (χ1n) is 6.82. The first-order valence-corrected chi connectivity index (χ1v) is 6.82. The summed E-state index contributed by atoms with van der Waals surface area (Å²) >= 11 is 0. The van der Waals surface area contributed by atoms with Crippen LogP contribution in [0, 0.1) is 0 Å². The predicted octanol–water partition coefficient (Wildman–Crippen LogP) is 1.61. The van der Waals surface area contributed by atoms with E-state index >= 15 is 0 Å². The summed E-state index contributed by atoms with van der Waals surface area (Å²) in [5.41, 5.74) is 7.67. The maximum Gasteiger partial charge on any atom is 0.254 e. The summed E-state index contributed by atoms with van der Waals surface area (Å²) in [4.78, 5) is 14.3. The van der Waals surface area contributed by atoms with Crippen molar-refractivity contribution < 1.29 is 9.53 Å². The Bertz CT molecular complexity index is 428. The number of nitrogens with zero attached hydrogens (tertiary/aromatic N) is 1. The van der Waals surface area contributed by atoms with Gasteiger partial charge in [0.1, 0.15) is 0 Å². The zero-order valence-corrected chi connectivity index (χ0v) is 11.6. The second-order valence-corrected chi connectivity index (χ2v) is 5.24. The molecule has 4 nitrogen and oxygen atoms in total. The molecule has 2 rings (SSSR count). The quantitative estimate of drug-likeness (QED) is 0.900. The van der Waals surface area contributed by atoms with Gasteiger partial charge in [-0.3, -0.25) is 4.79 Å². The third kappa shape index (κ3) is 3.14. The summed E-state index contributed by atoms with van der Waals surface area (Å²) in [6.45, 7) is 6.47. The van der Waals surface area contributed by atoms with Gasteiger partial charge in [0.05, 0.1) is 19.3 Å². The molecule has 1 amide bonds. The van der Waals surface area contributed by atoms with Crippen molar-refractivity contribution in [2.24, 2.45) is 5.73 Å². The molecule has 2 N–H and O–H groups in total. The van der Waals surface area contributed by atoms with Crippen molar-refractivity contribution >= 4 is 5.91 Å². The molecule has 0 aromatic heterocycles. The summed E-state index contributed by atoms with van der Waals surface area (Å²) < 4.78 is 5.37. The second-order valence-electron chi connectivity index (χ2n) is 5.24. The molecule has 1 aliphatic heterocycles. The Balaban J connectivity index is 2.13. The van der Waals surface area contributed by atoms with Gasteiger partial charge >= 0.3 is 0 Å². The maximum atomic E-state index is 12.5. The van der Waals surface area contributed by atoms with Gasteiger partial charge in [0.2, 0.25) is 0 Å². The van der Waals surface area contributed by atoms with Crippen LogP contribution < -0.4 is 5.73 Å². The monoisotopic (exact) mass is 262 g/mol. The smallest absolute Gasteiger partial charge is 0.254 e. The van der Waals surface area contributed by atoms with Gasteiger partial charge in [-0.05, 0) is 23.6 Å². The minimum atomic E-state index is -0.00831. The molecule has 0 bridgehead atoms. The van der Waals surface area contributed by atoms with Gasteiger partial charge < -0.3 is 15.4 Å². The predicted molar refractivity (Wildman–Crippen MR) is 75.2 cm³/mol. The highest BCUT2D eigenvalue weighted by molar-refractivity contribution is 5.94. The normalized spacial score (nSPS) is 19.8. The van der Waals surface area contributed by atoms with Crippen molar-refractivity contribution in [3.8, 4) is 0 Å². The number of morpholine rings is 1. The van der Waals surface area contributed by atoms with Gasteiger partial charge in [0, 0.05) is 18.7 Å². The molecule has 1 aromatic carbocycles. The van der Waals surface area contributed by atoms with Crippen LogP contribution in [0.3, 0.4) is 0 Å². The number of ether oxygens (including phenoxy) is 1. The molecule has 0 spiro atoms. The molecule has 1 unspecified atom stereocenters. The van der Waals surface area contributed by atoms with Crippen LogP contribution in [0.4, 0.5) is 0 Å². The van der Waals surface area contributed by atoms with E-state index in [0.29, 0.717) is 32.2 Å². The maximum absolute atomic E-state index is 12.5. The number of nitrogens with two attached hydrogens (primary N) is 1. The first-order chi connectivity index (χ1) is 9.13. The van der Waals surface area contributed by atoms with Crippen LogP contribution in [0.5, 0.6) is 0 Å². The Morgan fingerprint density at radius 3 is 2.68 bits per heavy atom. The Hall–Kier alpha value is -1.39. The van der Waals surface area contributed by atoms with Gasteiger partial charge in [-0.15, -0.1) is 0 Å². The van der Waals surface area contributed by atoms with Crippen molar-refractivity contribution in [1.29, 1.82) is 0 Å². The van der Waals surface area contributed by atoms with Crippen molar-refractivity contribution in [2.75, 3.05) is 26.3 Å². The summed E-state index contributed by atoms with van der Waals surface area (Å²) in [7, 11) is 0. The molecular formula is C15H22N2O2. The molecule has 1 saturated heterocycles. The van der Waals surface area contributed by atoms with Crippen molar-refractivity contribution in [2.45, 2.75) is 25.8 Å². The third-order valence-corrected chi connectivity index (χ3v) is 3.58. The molecule has 19 heavy (non-hydrogen) atoms. The van der Waals surface area contributed by atoms with E-state index in [1.807, 2.05) is 29.2 Å². The lowest BCUT2D eigenvalue weighted by atomic mass is 10.0. The van der Waals surface area contributed by atoms with Crippen LogP contribution in [0.1, 0.15) is 35.7 Å². The topological polar surface area (TPSA) is 55.6 Å². The number of hydrogen-bond acceptors (Lipinski definition) is 3. The second kappa shape index (κ2) is 6.17. The van der Waals surface area contributed by atoms with Crippen molar-refractivity contribution in [1.82, 2.24) is 4.90 Å². The summed E-state index contributed by atoms with van der Waals surface area (Å²) in [6, 6.07) is 7.85. The highest BCUT2D eigenvalue weighted by atomic mass is 16.5. The van der Waals surface area contributed by atoms with Crippen molar-refractivity contribution in [3.63, 3.8) is 0 Å². The Morgan fingerprint density at radius 1 is 1.42 bits per heavy atom. The fourth-order valence-corrected chi connectivity index (χ4v) is 2.29. The van der Waals surface area contributed by atoms with E-state index in [2.05, 4.69) is 13.8 Å². The van der Waals surface area contributed by atoms with E-state index in [1.54, 1.807) is 0 Å². The van der Waals surface area contributed by atoms with Crippen LogP contribution in [0.2, 0.25) is 0 Å². The van der Waals surface area contributed by atoms with E-state index in [-0.39, 0.29) is 11.9 Å². The average Bonchev–Trinajstić information content (AvgIpc) is 2.46. The largest absolute Gasteiger partial charge is 0.377 e. The Morgan fingerprint density at radius 2 is 2.11 bits per heavy atom. The molecule has 0 saturated carbocycles. The molecule has 1 fully saturated rings. The van der Waals surface area contributed by atoms with Crippen molar-refractivity contribution in [3.05, 3.63) is 35.4 Å². The lowest BCUT2D eigenvalue weighted by Gasteiger charge is -2.35. The number of benzene rings is 1. The van der Waals surface area contributed by atoms with E-state index in [9.17, 15) is 4.79 Å². The molecule has 1 aromatic rings. The van der Waals surface area contributed by atoms with Gasteiger partial charge in [-0.25, -0.2) is 0 Å². The van der Waals surface area contributed by atoms with E-state index in [4.69, 9.17) is 10.5 Å². The number of hydrogen-bond donors (Lipinski definition) is 1. The van der Waals surface area contributed by atoms with Gasteiger partial charge in [0.15, 0.2) is 0 Å². The third-order valence-electron chi connectivity index (χ3n) is 3.58. The first kappa shape index (κ1) is 14.0. The van der Waals surface area contributed by atoms with Crippen LogP contribution in [0.15, 0.2) is 24.3 Å². The number of rotatable bonds is 3. The SMILES string of the molecule is CC(C)c1ccc(C(=O)N2CCOCC2CN)cc1. The van der Waals surface area contributed by atoms with Gasteiger partial charge in [-0.1, -0.05) is 26.0 Å². The molecule has 1 heterocycles. The lowest BCUT2D eigenvalue weighted by molar-refractivity contribution is 0.000839. The molecule has 0 aliphatic carbocycles.